The van der Waals surface area contributed by atoms with Gasteiger partial charge in [-0.1, -0.05) is 0 Å². The normalized spacial score (nSPS) is 12.2. The van der Waals surface area contributed by atoms with E-state index in [-0.39, 0.29) is 16.8 Å². The minimum atomic E-state index is -0.976. The Hall–Kier alpha value is -1.73. The van der Waals surface area contributed by atoms with Gasteiger partial charge in [0.2, 0.25) is 5.91 Å². The van der Waals surface area contributed by atoms with Crippen LogP contribution in [0.25, 0.3) is 0 Å². The molecule has 7 heteroatoms. The largest absolute Gasteiger partial charge is 0.477 e. The predicted molar refractivity (Wildman–Crippen MR) is 97.1 cm³/mol. The number of aromatic nitrogens is 1. The molecule has 0 aliphatic carbocycles. The van der Waals surface area contributed by atoms with E-state index >= 15 is 0 Å². The fraction of sp³-hybridized carbons (Fsp3) is 0.471. The van der Waals surface area contributed by atoms with E-state index in [4.69, 9.17) is 5.11 Å². The van der Waals surface area contributed by atoms with Crippen LogP contribution in [-0.4, -0.2) is 22.0 Å². The Morgan fingerprint density at radius 1 is 1.29 bits per heavy atom. The smallest absolute Gasteiger partial charge is 0.347 e. The van der Waals surface area contributed by atoms with E-state index in [1.54, 1.807) is 18.3 Å². The molecule has 1 atom stereocenters. The summed E-state index contributed by atoms with van der Waals surface area (Å²) >= 11 is 2.91. The number of carbonyl (C=O) groups excluding carboxylic acids is 1. The van der Waals surface area contributed by atoms with Crippen LogP contribution >= 0.6 is 22.7 Å². The lowest BCUT2D eigenvalue weighted by molar-refractivity contribution is -0.121. The number of thiophene rings is 1. The molecule has 2 rings (SSSR count). The van der Waals surface area contributed by atoms with Gasteiger partial charge in [-0.2, -0.15) is 0 Å². The quantitative estimate of drug-likeness (QED) is 0.775. The van der Waals surface area contributed by atoms with Crippen molar-refractivity contribution in [1.82, 2.24) is 10.3 Å². The van der Waals surface area contributed by atoms with Crippen molar-refractivity contribution in [1.29, 1.82) is 0 Å². The van der Waals surface area contributed by atoms with Crippen LogP contribution in [0.3, 0.4) is 0 Å². The maximum atomic E-state index is 12.1. The summed E-state index contributed by atoms with van der Waals surface area (Å²) < 4.78 is 0. The number of carboxylic acids is 1. The summed E-state index contributed by atoms with van der Waals surface area (Å²) in [7, 11) is 0. The maximum Gasteiger partial charge on any atom is 0.347 e. The van der Waals surface area contributed by atoms with Gasteiger partial charge in [-0.05, 0) is 52.2 Å². The number of thiazole rings is 1. The topological polar surface area (TPSA) is 79.3 Å². The van der Waals surface area contributed by atoms with Gasteiger partial charge in [0.1, 0.15) is 9.88 Å². The van der Waals surface area contributed by atoms with Gasteiger partial charge in [-0.15, -0.1) is 22.7 Å². The summed E-state index contributed by atoms with van der Waals surface area (Å²) in [4.78, 5) is 30.3. The summed E-state index contributed by atoms with van der Waals surface area (Å²) in [6.45, 7) is 7.70. The van der Waals surface area contributed by atoms with Crippen molar-refractivity contribution < 1.29 is 14.7 Å². The van der Waals surface area contributed by atoms with Crippen LogP contribution in [0.2, 0.25) is 0 Å². The van der Waals surface area contributed by atoms with E-state index in [9.17, 15) is 9.59 Å². The first kappa shape index (κ1) is 18.6. The Bertz CT molecular complexity index is 749. The average Bonchev–Trinajstić information content (AvgIpc) is 3.02. The number of carboxylic acid groups (broad SMARTS) is 1. The number of nitrogens with zero attached hydrogens (tertiary/aromatic N) is 1. The van der Waals surface area contributed by atoms with Crippen LogP contribution < -0.4 is 5.32 Å². The predicted octanol–water partition coefficient (Wildman–Crippen LogP) is 4.03. The van der Waals surface area contributed by atoms with E-state index in [2.05, 4.69) is 30.2 Å². The highest BCUT2D eigenvalue weighted by Crippen LogP contribution is 2.24. The molecule has 0 aromatic carbocycles. The second kappa shape index (κ2) is 7.90. The Kier molecular flexibility index (Phi) is 6.12. The summed E-state index contributed by atoms with van der Waals surface area (Å²) in [6.07, 6.45) is 2.15. The molecule has 0 aliphatic heterocycles. The second-order valence-electron chi connectivity index (χ2n) is 5.85. The van der Waals surface area contributed by atoms with E-state index in [0.717, 1.165) is 24.2 Å². The van der Waals surface area contributed by atoms with E-state index in [1.165, 1.54) is 15.3 Å². The van der Waals surface area contributed by atoms with E-state index in [0.29, 0.717) is 17.1 Å². The van der Waals surface area contributed by atoms with Crippen LogP contribution in [0.1, 0.15) is 61.5 Å². The molecule has 0 saturated heterocycles. The molecule has 2 heterocycles. The monoisotopic (exact) mass is 366 g/mol. The molecule has 0 radical (unpaired) electrons. The van der Waals surface area contributed by atoms with Gasteiger partial charge >= 0.3 is 5.97 Å². The van der Waals surface area contributed by atoms with Crippen LogP contribution in [0.5, 0.6) is 0 Å². The third kappa shape index (κ3) is 4.64. The lowest BCUT2D eigenvalue weighted by Gasteiger charge is -2.11. The lowest BCUT2D eigenvalue weighted by atomic mass is 10.1. The SMILES string of the molecule is Cc1cc(CCCC(=O)NC(C)c2nc(C)c(C(=O)O)s2)c(C)s1. The molecule has 2 aromatic rings. The lowest BCUT2D eigenvalue weighted by Crippen LogP contribution is -2.26. The minimum absolute atomic E-state index is 0.0307. The third-order valence-corrected chi connectivity index (χ3v) is 6.09. The highest BCUT2D eigenvalue weighted by molar-refractivity contribution is 7.13. The Labute approximate surface area is 149 Å². The molecule has 130 valence electrons. The fourth-order valence-electron chi connectivity index (χ4n) is 2.55. The van der Waals surface area contributed by atoms with Gasteiger partial charge in [0.05, 0.1) is 11.7 Å². The number of carbonyl (C=O) groups is 2. The van der Waals surface area contributed by atoms with Crippen molar-refractivity contribution in [3.8, 4) is 0 Å². The number of rotatable bonds is 7. The summed E-state index contributed by atoms with van der Waals surface area (Å²) in [6, 6.07) is 1.91. The van der Waals surface area contributed by atoms with Gasteiger partial charge in [0.25, 0.3) is 0 Å². The molecule has 2 N–H and O–H groups in total. The van der Waals surface area contributed by atoms with Gasteiger partial charge in [0.15, 0.2) is 0 Å². The molecule has 1 amide bonds. The molecule has 0 spiro atoms. The number of aromatic carboxylic acids is 1. The zero-order chi connectivity index (χ0) is 17.9. The molecule has 5 nitrogen and oxygen atoms in total. The molecule has 0 bridgehead atoms. The van der Waals surface area contributed by atoms with Gasteiger partial charge in [0, 0.05) is 16.2 Å². The fourth-order valence-corrected chi connectivity index (χ4v) is 4.43. The standard InChI is InChI=1S/C17H22N2O3S2/c1-9-8-13(12(4)23-9)6-5-7-14(20)18-11(3)16-19-10(2)15(24-16)17(21)22/h8,11H,5-7H2,1-4H3,(H,18,20)(H,21,22). The molecule has 1 unspecified atom stereocenters. The molecule has 0 aliphatic rings. The minimum Gasteiger partial charge on any atom is -0.477 e. The molecular formula is C17H22N2O3S2. The molecule has 2 aromatic heterocycles. The summed E-state index contributed by atoms with van der Waals surface area (Å²) in [5.74, 6) is -1.01. The van der Waals surface area contributed by atoms with Crippen LogP contribution in [0, 0.1) is 20.8 Å². The molecule has 0 saturated carbocycles. The zero-order valence-corrected chi connectivity index (χ0v) is 15.9. The Morgan fingerprint density at radius 3 is 2.54 bits per heavy atom. The van der Waals surface area contributed by atoms with Crippen LogP contribution in [-0.2, 0) is 11.2 Å². The molecule has 24 heavy (non-hydrogen) atoms. The van der Waals surface area contributed by atoms with Crippen LogP contribution in [0.4, 0.5) is 0 Å². The van der Waals surface area contributed by atoms with Crippen molar-refractivity contribution in [3.63, 3.8) is 0 Å². The van der Waals surface area contributed by atoms with E-state index < -0.39 is 5.97 Å². The first-order valence-electron chi connectivity index (χ1n) is 7.83. The number of hydrogen-bond acceptors (Lipinski definition) is 5. The Morgan fingerprint density at radius 2 is 2.00 bits per heavy atom. The Balaban J connectivity index is 1.84. The van der Waals surface area contributed by atoms with Crippen molar-refractivity contribution in [2.75, 3.05) is 0 Å². The first-order chi connectivity index (χ1) is 11.3. The second-order valence-corrected chi connectivity index (χ2v) is 8.34. The number of aryl methyl sites for hydroxylation is 4. The summed E-state index contributed by atoms with van der Waals surface area (Å²) in [5.41, 5.74) is 1.81. The molecule has 0 fully saturated rings. The number of nitrogens with one attached hydrogen (secondary N) is 1. The maximum absolute atomic E-state index is 12.1. The van der Waals surface area contributed by atoms with Crippen molar-refractivity contribution >= 4 is 34.6 Å². The van der Waals surface area contributed by atoms with Gasteiger partial charge in [-0.25, -0.2) is 9.78 Å². The number of amides is 1. The third-order valence-electron chi connectivity index (χ3n) is 3.75. The highest BCUT2D eigenvalue weighted by Gasteiger charge is 2.19. The van der Waals surface area contributed by atoms with Crippen molar-refractivity contribution in [2.24, 2.45) is 0 Å². The summed E-state index contributed by atoms with van der Waals surface area (Å²) in [5, 5.41) is 12.6. The van der Waals surface area contributed by atoms with Crippen LogP contribution in [0.15, 0.2) is 6.07 Å². The van der Waals surface area contributed by atoms with Crippen molar-refractivity contribution in [2.45, 2.75) is 53.0 Å². The highest BCUT2D eigenvalue weighted by atomic mass is 32.1. The van der Waals surface area contributed by atoms with E-state index in [1.807, 2.05) is 6.92 Å². The van der Waals surface area contributed by atoms with Crippen molar-refractivity contribution in [3.05, 3.63) is 37.0 Å². The van der Waals surface area contributed by atoms with Gasteiger partial charge in [-0.3, -0.25) is 4.79 Å². The average molecular weight is 367 g/mol. The number of hydrogen-bond donors (Lipinski definition) is 2. The first-order valence-corrected chi connectivity index (χ1v) is 9.47. The molecular weight excluding hydrogens is 344 g/mol. The van der Waals surface area contributed by atoms with Gasteiger partial charge < -0.3 is 10.4 Å². The zero-order valence-electron chi connectivity index (χ0n) is 14.3.